The highest BCUT2D eigenvalue weighted by Crippen LogP contribution is 2.39. The lowest BCUT2D eigenvalue weighted by molar-refractivity contribution is -0.123. The van der Waals surface area contributed by atoms with Crippen molar-refractivity contribution in [3.05, 3.63) is 75.7 Å². The summed E-state index contributed by atoms with van der Waals surface area (Å²) in [5.74, 6) is 0.563. The summed E-state index contributed by atoms with van der Waals surface area (Å²) in [6.07, 6.45) is 3.26. The Hall–Kier alpha value is -2.70. The lowest BCUT2D eigenvalue weighted by atomic mass is 10.1. The van der Waals surface area contributed by atoms with Gasteiger partial charge in [0.15, 0.2) is 11.5 Å². The minimum atomic E-state index is -0.326. The average molecular weight is 444 g/mol. The Kier molecular flexibility index (Phi) is 7.24. The zero-order valence-electron chi connectivity index (χ0n) is 16.8. The molecule has 0 spiro atoms. The Balaban J connectivity index is 1.86. The van der Waals surface area contributed by atoms with Gasteiger partial charge in [-0.15, -0.1) is 0 Å². The van der Waals surface area contributed by atoms with E-state index in [0.717, 1.165) is 22.9 Å². The molecule has 30 heavy (non-hydrogen) atoms. The van der Waals surface area contributed by atoms with Gasteiger partial charge in [0.1, 0.15) is 6.61 Å². The summed E-state index contributed by atoms with van der Waals surface area (Å²) in [4.78, 5) is 26.8. The first-order valence-electron chi connectivity index (χ1n) is 9.44. The molecule has 0 atom stereocenters. The summed E-state index contributed by atoms with van der Waals surface area (Å²) in [6, 6.07) is 11.2. The van der Waals surface area contributed by atoms with Gasteiger partial charge < -0.3 is 9.47 Å². The van der Waals surface area contributed by atoms with Crippen molar-refractivity contribution < 1.29 is 19.1 Å². The molecule has 0 radical (unpaired) electrons. The number of imide groups is 1. The van der Waals surface area contributed by atoms with Crippen LogP contribution in [-0.4, -0.2) is 29.3 Å². The van der Waals surface area contributed by atoms with Gasteiger partial charge in [0.05, 0.1) is 23.1 Å². The molecule has 1 heterocycles. The highest BCUT2D eigenvalue weighted by molar-refractivity contribution is 8.18. The van der Waals surface area contributed by atoms with Crippen LogP contribution in [-0.2, 0) is 11.3 Å². The molecule has 0 aliphatic carbocycles. The minimum absolute atomic E-state index is 0.239. The van der Waals surface area contributed by atoms with Crippen LogP contribution in [0.4, 0.5) is 4.79 Å². The van der Waals surface area contributed by atoms with E-state index in [1.807, 2.05) is 38.1 Å². The molecule has 1 saturated heterocycles. The molecule has 0 unspecified atom stereocenters. The van der Waals surface area contributed by atoms with E-state index in [2.05, 4.69) is 6.58 Å². The number of carbonyl (C=O) groups excluding carboxylic acids is 2. The van der Waals surface area contributed by atoms with E-state index in [1.165, 1.54) is 4.90 Å². The lowest BCUT2D eigenvalue weighted by Gasteiger charge is -2.14. The van der Waals surface area contributed by atoms with Gasteiger partial charge in [-0.2, -0.15) is 0 Å². The first-order chi connectivity index (χ1) is 14.4. The molecule has 7 heteroatoms. The predicted octanol–water partition coefficient (Wildman–Crippen LogP) is 5.85. The van der Waals surface area contributed by atoms with Gasteiger partial charge in [-0.25, -0.2) is 0 Å². The van der Waals surface area contributed by atoms with Crippen LogP contribution in [0.3, 0.4) is 0 Å². The van der Waals surface area contributed by atoms with Crippen molar-refractivity contribution in [2.75, 3.05) is 13.2 Å². The second-order valence-electron chi connectivity index (χ2n) is 6.62. The molecule has 0 saturated carbocycles. The summed E-state index contributed by atoms with van der Waals surface area (Å²) in [5.41, 5.74) is 2.63. The Bertz CT molecular complexity index is 1020. The van der Waals surface area contributed by atoms with Gasteiger partial charge in [-0.05, 0) is 54.9 Å². The third-order valence-electron chi connectivity index (χ3n) is 4.27. The van der Waals surface area contributed by atoms with Gasteiger partial charge in [0.2, 0.25) is 0 Å². The van der Waals surface area contributed by atoms with Gasteiger partial charge in [-0.3, -0.25) is 14.5 Å². The fourth-order valence-electron chi connectivity index (χ4n) is 3.00. The molecule has 2 amide bonds. The molecular formula is C23H22ClNO4S. The highest BCUT2D eigenvalue weighted by atomic mass is 35.5. The number of thioether (sulfide) groups is 1. The molecule has 0 aromatic heterocycles. The fraction of sp³-hybridized carbons (Fsp3) is 0.217. The Morgan fingerprint density at radius 3 is 2.70 bits per heavy atom. The standard InChI is InChI=1S/C23H22ClNO4S/c1-4-9-29-21-18(24)11-17(12-19(21)28-5-2)13-20-22(26)25(23(27)30-20)14-16-8-6-7-15(3)10-16/h4,6-8,10-13H,1,5,9,14H2,2-3H3/b20-13-. The predicted molar refractivity (Wildman–Crippen MR) is 121 cm³/mol. The molecule has 0 N–H and O–H groups in total. The van der Waals surface area contributed by atoms with E-state index in [-0.39, 0.29) is 24.3 Å². The maximum atomic E-state index is 12.8. The second kappa shape index (κ2) is 9.87. The Morgan fingerprint density at radius 2 is 2.00 bits per heavy atom. The van der Waals surface area contributed by atoms with Crippen molar-refractivity contribution in [3.63, 3.8) is 0 Å². The largest absolute Gasteiger partial charge is 0.490 e. The summed E-state index contributed by atoms with van der Waals surface area (Å²) >= 11 is 7.28. The number of nitrogens with zero attached hydrogens (tertiary/aromatic N) is 1. The molecule has 0 bridgehead atoms. The monoisotopic (exact) mass is 443 g/mol. The first-order valence-corrected chi connectivity index (χ1v) is 10.6. The topological polar surface area (TPSA) is 55.8 Å². The van der Waals surface area contributed by atoms with E-state index in [0.29, 0.717) is 33.6 Å². The van der Waals surface area contributed by atoms with Gasteiger partial charge in [0.25, 0.3) is 11.1 Å². The molecule has 5 nitrogen and oxygen atoms in total. The van der Waals surface area contributed by atoms with Gasteiger partial charge in [0, 0.05) is 0 Å². The number of hydrogen-bond acceptors (Lipinski definition) is 5. The van der Waals surface area contributed by atoms with Crippen LogP contribution in [0.5, 0.6) is 11.5 Å². The quantitative estimate of drug-likeness (QED) is 0.378. The number of carbonyl (C=O) groups is 2. The number of ether oxygens (including phenoxy) is 2. The molecule has 2 aromatic rings. The fourth-order valence-corrected chi connectivity index (χ4v) is 4.11. The van der Waals surface area contributed by atoms with Crippen molar-refractivity contribution in [1.29, 1.82) is 0 Å². The van der Waals surface area contributed by atoms with Crippen molar-refractivity contribution in [2.45, 2.75) is 20.4 Å². The molecule has 1 aliphatic heterocycles. The smallest absolute Gasteiger partial charge is 0.293 e. The molecule has 1 aliphatic rings. The number of hydrogen-bond donors (Lipinski definition) is 0. The zero-order chi connectivity index (χ0) is 21.7. The number of benzene rings is 2. The lowest BCUT2D eigenvalue weighted by Crippen LogP contribution is -2.27. The van der Waals surface area contributed by atoms with Gasteiger partial charge >= 0.3 is 0 Å². The van der Waals surface area contributed by atoms with Gasteiger partial charge in [-0.1, -0.05) is 54.1 Å². The van der Waals surface area contributed by atoms with Crippen molar-refractivity contribution in [1.82, 2.24) is 4.90 Å². The van der Waals surface area contributed by atoms with Crippen LogP contribution in [0.2, 0.25) is 5.02 Å². The number of halogens is 1. The van der Waals surface area contributed by atoms with Crippen LogP contribution >= 0.6 is 23.4 Å². The SMILES string of the molecule is C=CCOc1c(Cl)cc(/C=C2\SC(=O)N(Cc3cccc(C)c3)C2=O)cc1OCC. The second-order valence-corrected chi connectivity index (χ2v) is 8.02. The van der Waals surface area contributed by atoms with Crippen LogP contribution in [0.1, 0.15) is 23.6 Å². The third-order valence-corrected chi connectivity index (χ3v) is 5.46. The van der Waals surface area contributed by atoms with E-state index in [9.17, 15) is 9.59 Å². The number of amides is 2. The van der Waals surface area contributed by atoms with E-state index in [1.54, 1.807) is 24.3 Å². The maximum Gasteiger partial charge on any atom is 0.293 e. The third kappa shape index (κ3) is 5.07. The zero-order valence-corrected chi connectivity index (χ0v) is 18.4. The minimum Gasteiger partial charge on any atom is -0.490 e. The molecule has 2 aromatic carbocycles. The van der Waals surface area contributed by atoms with Crippen LogP contribution in [0, 0.1) is 6.92 Å². The average Bonchev–Trinajstić information content (AvgIpc) is 2.95. The van der Waals surface area contributed by atoms with E-state index in [4.69, 9.17) is 21.1 Å². The maximum absolute atomic E-state index is 12.8. The molecule has 3 rings (SSSR count). The first kappa shape index (κ1) is 22.0. The van der Waals surface area contributed by atoms with E-state index >= 15 is 0 Å². The van der Waals surface area contributed by atoms with Crippen molar-refractivity contribution >= 4 is 40.6 Å². The molecule has 156 valence electrons. The van der Waals surface area contributed by atoms with Crippen LogP contribution < -0.4 is 9.47 Å². The normalized spacial score (nSPS) is 15.0. The number of aryl methyl sites for hydroxylation is 1. The molecular weight excluding hydrogens is 422 g/mol. The molecule has 1 fully saturated rings. The summed E-state index contributed by atoms with van der Waals surface area (Å²) in [5, 5.41) is 0.0582. The van der Waals surface area contributed by atoms with E-state index < -0.39 is 0 Å². The summed E-state index contributed by atoms with van der Waals surface area (Å²) < 4.78 is 11.2. The summed E-state index contributed by atoms with van der Waals surface area (Å²) in [7, 11) is 0. The Morgan fingerprint density at radius 1 is 1.20 bits per heavy atom. The van der Waals surface area contributed by atoms with Crippen molar-refractivity contribution in [2.24, 2.45) is 0 Å². The van der Waals surface area contributed by atoms with Crippen molar-refractivity contribution in [3.8, 4) is 11.5 Å². The number of rotatable bonds is 8. The Labute approximate surface area is 185 Å². The summed E-state index contributed by atoms with van der Waals surface area (Å²) in [6.45, 7) is 8.41. The van der Waals surface area contributed by atoms with Crippen LogP contribution in [0.15, 0.2) is 54.0 Å². The van der Waals surface area contributed by atoms with Crippen LogP contribution in [0.25, 0.3) is 6.08 Å². The highest BCUT2D eigenvalue weighted by Gasteiger charge is 2.35.